The predicted octanol–water partition coefficient (Wildman–Crippen LogP) is 1.03. The minimum Gasteiger partial charge on any atom is -0.342 e. The van der Waals surface area contributed by atoms with E-state index in [0.29, 0.717) is 19.3 Å². The molecule has 1 atom stereocenters. The number of carbonyl (C=O) groups excluding carboxylic acids is 1. The van der Waals surface area contributed by atoms with Gasteiger partial charge in [-0.1, -0.05) is 0 Å². The van der Waals surface area contributed by atoms with Crippen LogP contribution in [0.5, 0.6) is 0 Å². The summed E-state index contributed by atoms with van der Waals surface area (Å²) < 4.78 is 22.8. The van der Waals surface area contributed by atoms with Crippen LogP contribution in [0.15, 0.2) is 5.38 Å². The summed E-state index contributed by atoms with van der Waals surface area (Å²) in [5, 5.41) is 2.96. The average molecular weight is 302 g/mol. The van der Waals surface area contributed by atoms with Crippen molar-refractivity contribution in [2.75, 3.05) is 18.6 Å². The molecule has 1 aliphatic rings. The molecule has 1 aromatic rings. The van der Waals surface area contributed by atoms with Crippen molar-refractivity contribution in [1.29, 1.82) is 0 Å². The Morgan fingerprint density at radius 1 is 1.58 bits per heavy atom. The van der Waals surface area contributed by atoms with Crippen molar-refractivity contribution in [1.82, 2.24) is 9.88 Å². The van der Waals surface area contributed by atoms with Gasteiger partial charge < -0.3 is 4.90 Å². The molecule has 19 heavy (non-hydrogen) atoms. The van der Waals surface area contributed by atoms with Gasteiger partial charge in [0.25, 0.3) is 0 Å². The maximum atomic E-state index is 12.0. The van der Waals surface area contributed by atoms with E-state index in [-0.39, 0.29) is 23.5 Å². The van der Waals surface area contributed by atoms with Crippen LogP contribution in [0.1, 0.15) is 23.5 Å². The fourth-order valence-corrected chi connectivity index (χ4v) is 4.64. The topological polar surface area (TPSA) is 67.3 Å². The molecule has 2 heterocycles. The lowest BCUT2D eigenvalue weighted by molar-refractivity contribution is -0.131. The van der Waals surface area contributed by atoms with Crippen molar-refractivity contribution in [2.24, 2.45) is 0 Å². The smallest absolute Gasteiger partial charge is 0.222 e. The molecule has 1 unspecified atom stereocenters. The van der Waals surface area contributed by atoms with Crippen molar-refractivity contribution in [3.05, 3.63) is 16.1 Å². The number of nitrogens with zero attached hydrogens (tertiary/aromatic N) is 2. The van der Waals surface area contributed by atoms with E-state index in [1.54, 1.807) is 23.3 Å². The number of carbonyl (C=O) groups is 1. The lowest BCUT2D eigenvalue weighted by atomic mass is 10.2. The molecular formula is C12H18N2O3S2. The molecule has 7 heteroatoms. The number of aromatic nitrogens is 1. The largest absolute Gasteiger partial charge is 0.342 e. The molecule has 1 saturated heterocycles. The van der Waals surface area contributed by atoms with Gasteiger partial charge in [0.05, 0.1) is 22.2 Å². The predicted molar refractivity (Wildman–Crippen MR) is 75.0 cm³/mol. The Labute approximate surface area is 117 Å². The monoisotopic (exact) mass is 302 g/mol. The number of amides is 1. The van der Waals surface area contributed by atoms with Gasteiger partial charge in [-0.3, -0.25) is 4.79 Å². The van der Waals surface area contributed by atoms with Crippen LogP contribution in [0.25, 0.3) is 0 Å². The first-order valence-electron chi connectivity index (χ1n) is 6.24. The minimum absolute atomic E-state index is 0.00671. The summed E-state index contributed by atoms with van der Waals surface area (Å²) in [6, 6.07) is -0.158. The summed E-state index contributed by atoms with van der Waals surface area (Å²) in [7, 11) is -1.25. The van der Waals surface area contributed by atoms with Crippen LogP contribution >= 0.6 is 11.3 Å². The van der Waals surface area contributed by atoms with Crippen molar-refractivity contribution in [2.45, 2.75) is 32.2 Å². The maximum absolute atomic E-state index is 12.0. The summed E-state index contributed by atoms with van der Waals surface area (Å²) in [6.45, 7) is 1.94. The zero-order chi connectivity index (χ0) is 14.0. The van der Waals surface area contributed by atoms with Crippen LogP contribution < -0.4 is 0 Å². The standard InChI is InChI=1S/C12H18N2O3S2/c1-9-13-10(7-18-9)3-4-12(15)14(2)11-5-6-19(16,17)8-11/h7,11H,3-6,8H2,1-2H3. The van der Waals surface area contributed by atoms with Crippen molar-refractivity contribution < 1.29 is 13.2 Å². The second-order valence-electron chi connectivity index (χ2n) is 4.92. The molecule has 1 aromatic heterocycles. The Kier molecular flexibility index (Phi) is 4.25. The highest BCUT2D eigenvalue weighted by molar-refractivity contribution is 7.91. The Hall–Kier alpha value is -0.950. The summed E-state index contributed by atoms with van der Waals surface area (Å²) in [5.74, 6) is 0.291. The third kappa shape index (κ3) is 3.76. The molecule has 1 fully saturated rings. The number of aryl methyl sites for hydroxylation is 2. The van der Waals surface area contributed by atoms with Gasteiger partial charge in [-0.15, -0.1) is 11.3 Å². The molecule has 0 aliphatic carbocycles. The second kappa shape index (κ2) is 5.58. The fraction of sp³-hybridized carbons (Fsp3) is 0.667. The SMILES string of the molecule is Cc1nc(CCC(=O)N(C)C2CCS(=O)(=O)C2)cs1. The van der Waals surface area contributed by atoms with E-state index in [0.717, 1.165) is 10.7 Å². The van der Waals surface area contributed by atoms with Crippen LogP contribution in [-0.4, -0.2) is 48.8 Å². The van der Waals surface area contributed by atoms with Gasteiger partial charge in [0.2, 0.25) is 5.91 Å². The summed E-state index contributed by atoms with van der Waals surface area (Å²) in [4.78, 5) is 17.9. The van der Waals surface area contributed by atoms with Gasteiger partial charge in [0.1, 0.15) is 0 Å². The highest BCUT2D eigenvalue weighted by Crippen LogP contribution is 2.18. The number of hydrogen-bond donors (Lipinski definition) is 0. The Morgan fingerprint density at radius 2 is 2.32 bits per heavy atom. The van der Waals surface area contributed by atoms with E-state index >= 15 is 0 Å². The van der Waals surface area contributed by atoms with Crippen LogP contribution in [0.4, 0.5) is 0 Å². The molecule has 0 spiro atoms. The van der Waals surface area contributed by atoms with Crippen molar-refractivity contribution in [3.63, 3.8) is 0 Å². The second-order valence-corrected chi connectivity index (χ2v) is 8.21. The molecule has 0 radical (unpaired) electrons. The zero-order valence-corrected chi connectivity index (χ0v) is 12.8. The van der Waals surface area contributed by atoms with Gasteiger partial charge in [0, 0.05) is 24.9 Å². The Balaban J connectivity index is 1.86. The Morgan fingerprint density at radius 3 is 2.84 bits per heavy atom. The molecule has 5 nitrogen and oxygen atoms in total. The quantitative estimate of drug-likeness (QED) is 0.833. The molecule has 0 bridgehead atoms. The summed E-state index contributed by atoms with van der Waals surface area (Å²) in [6.07, 6.45) is 1.56. The van der Waals surface area contributed by atoms with E-state index in [1.165, 1.54) is 0 Å². The maximum Gasteiger partial charge on any atom is 0.222 e. The molecule has 0 N–H and O–H groups in total. The number of hydrogen-bond acceptors (Lipinski definition) is 5. The first-order chi connectivity index (χ1) is 8.87. The normalized spacial score (nSPS) is 21.5. The van der Waals surface area contributed by atoms with Crippen molar-refractivity contribution >= 4 is 27.1 Å². The lowest BCUT2D eigenvalue weighted by Crippen LogP contribution is -2.37. The van der Waals surface area contributed by atoms with Gasteiger partial charge in [-0.05, 0) is 19.8 Å². The number of rotatable bonds is 4. The minimum atomic E-state index is -2.94. The van der Waals surface area contributed by atoms with Crippen molar-refractivity contribution in [3.8, 4) is 0 Å². The number of sulfone groups is 1. The number of thiazole rings is 1. The summed E-state index contributed by atoms with van der Waals surface area (Å²) >= 11 is 1.57. The first-order valence-corrected chi connectivity index (χ1v) is 8.94. The van der Waals surface area contributed by atoms with E-state index in [1.807, 2.05) is 12.3 Å². The highest BCUT2D eigenvalue weighted by atomic mass is 32.2. The van der Waals surface area contributed by atoms with E-state index in [4.69, 9.17) is 0 Å². The molecule has 0 aromatic carbocycles. The third-order valence-corrected chi connectivity index (χ3v) is 5.98. The van der Waals surface area contributed by atoms with Crippen LogP contribution in [0.2, 0.25) is 0 Å². The zero-order valence-electron chi connectivity index (χ0n) is 11.1. The highest BCUT2D eigenvalue weighted by Gasteiger charge is 2.32. The molecule has 1 aliphatic heterocycles. The Bertz CT molecular complexity index is 565. The molecular weight excluding hydrogens is 284 g/mol. The molecule has 106 valence electrons. The average Bonchev–Trinajstić information content (AvgIpc) is 2.91. The molecule has 1 amide bonds. The first kappa shape index (κ1) is 14.5. The fourth-order valence-electron chi connectivity index (χ4n) is 2.22. The molecule has 2 rings (SSSR count). The third-order valence-electron chi connectivity index (χ3n) is 3.41. The van der Waals surface area contributed by atoms with Crippen LogP contribution in [0, 0.1) is 6.92 Å². The van der Waals surface area contributed by atoms with Crippen LogP contribution in [-0.2, 0) is 21.1 Å². The van der Waals surface area contributed by atoms with E-state index in [2.05, 4.69) is 4.98 Å². The lowest BCUT2D eigenvalue weighted by Gasteiger charge is -2.23. The summed E-state index contributed by atoms with van der Waals surface area (Å²) in [5.41, 5.74) is 0.934. The van der Waals surface area contributed by atoms with Gasteiger partial charge in [0.15, 0.2) is 9.84 Å². The van der Waals surface area contributed by atoms with Gasteiger partial charge in [-0.25, -0.2) is 13.4 Å². The van der Waals surface area contributed by atoms with Gasteiger partial charge >= 0.3 is 0 Å². The van der Waals surface area contributed by atoms with E-state index < -0.39 is 9.84 Å². The van der Waals surface area contributed by atoms with Crippen LogP contribution in [0.3, 0.4) is 0 Å². The van der Waals surface area contributed by atoms with E-state index in [9.17, 15) is 13.2 Å². The van der Waals surface area contributed by atoms with Gasteiger partial charge in [-0.2, -0.15) is 0 Å². The molecule has 0 saturated carbocycles.